The summed E-state index contributed by atoms with van der Waals surface area (Å²) in [5, 5.41) is 10.2. The van der Waals surface area contributed by atoms with Gasteiger partial charge in [-0.3, -0.25) is 0 Å². The van der Waals surface area contributed by atoms with Crippen LogP contribution in [-0.4, -0.2) is 44.7 Å². The zero-order chi connectivity index (χ0) is 18.5. The van der Waals surface area contributed by atoms with Crippen molar-refractivity contribution < 1.29 is 4.79 Å². The molecule has 1 aliphatic rings. The maximum Gasteiger partial charge on any atom is 0.319 e. The molecule has 140 valence electrons. The Hall–Kier alpha value is -2.05. The summed E-state index contributed by atoms with van der Waals surface area (Å²) in [5.74, 6) is 0. The van der Waals surface area contributed by atoms with Crippen LogP contribution in [0.2, 0.25) is 0 Å². The lowest BCUT2D eigenvalue weighted by Crippen LogP contribution is -2.36. The summed E-state index contributed by atoms with van der Waals surface area (Å²) in [6.07, 6.45) is 2.53. The SMILES string of the molecule is Cc1cc(N2CCCC2)ccc1NC(=O)NCC(c1ccsc1)N(C)C. The van der Waals surface area contributed by atoms with Gasteiger partial charge < -0.3 is 20.4 Å². The molecule has 1 aromatic heterocycles. The van der Waals surface area contributed by atoms with Crippen LogP contribution in [0.4, 0.5) is 16.2 Å². The fraction of sp³-hybridized carbons (Fsp3) is 0.450. The van der Waals surface area contributed by atoms with Gasteiger partial charge in [0.15, 0.2) is 0 Å². The Morgan fingerprint density at radius 3 is 2.65 bits per heavy atom. The number of rotatable bonds is 6. The summed E-state index contributed by atoms with van der Waals surface area (Å²) < 4.78 is 0. The quantitative estimate of drug-likeness (QED) is 0.803. The number of nitrogens with one attached hydrogen (secondary N) is 2. The molecule has 0 radical (unpaired) electrons. The van der Waals surface area contributed by atoms with Crippen molar-refractivity contribution in [3.8, 4) is 0 Å². The molecule has 0 saturated carbocycles. The van der Waals surface area contributed by atoms with Gasteiger partial charge in [0.25, 0.3) is 0 Å². The molecule has 1 atom stereocenters. The van der Waals surface area contributed by atoms with Crippen LogP contribution in [0.25, 0.3) is 0 Å². The van der Waals surface area contributed by atoms with E-state index < -0.39 is 0 Å². The maximum absolute atomic E-state index is 12.4. The number of nitrogens with zero attached hydrogens (tertiary/aromatic N) is 2. The number of aryl methyl sites for hydroxylation is 1. The van der Waals surface area contributed by atoms with Gasteiger partial charge in [-0.25, -0.2) is 4.79 Å². The van der Waals surface area contributed by atoms with Crippen molar-refractivity contribution >= 4 is 28.7 Å². The Kier molecular flexibility index (Phi) is 6.16. The van der Waals surface area contributed by atoms with E-state index in [1.54, 1.807) is 11.3 Å². The van der Waals surface area contributed by atoms with Crippen molar-refractivity contribution in [3.05, 3.63) is 46.2 Å². The highest BCUT2D eigenvalue weighted by Crippen LogP contribution is 2.25. The van der Waals surface area contributed by atoms with Crippen LogP contribution >= 0.6 is 11.3 Å². The Morgan fingerprint density at radius 1 is 1.27 bits per heavy atom. The van der Waals surface area contributed by atoms with Crippen LogP contribution in [0.5, 0.6) is 0 Å². The molecule has 1 unspecified atom stereocenters. The zero-order valence-electron chi connectivity index (χ0n) is 15.8. The van der Waals surface area contributed by atoms with Crippen molar-refractivity contribution in [3.63, 3.8) is 0 Å². The molecule has 2 amide bonds. The average molecular weight is 373 g/mol. The van der Waals surface area contributed by atoms with E-state index in [0.717, 1.165) is 24.3 Å². The van der Waals surface area contributed by atoms with Crippen molar-refractivity contribution in [1.29, 1.82) is 0 Å². The van der Waals surface area contributed by atoms with E-state index in [1.165, 1.54) is 24.1 Å². The van der Waals surface area contributed by atoms with E-state index in [2.05, 4.69) is 49.4 Å². The van der Waals surface area contributed by atoms with Gasteiger partial charge in [0.2, 0.25) is 0 Å². The number of likely N-dealkylation sites (N-methyl/N-ethyl adjacent to an activating group) is 1. The topological polar surface area (TPSA) is 47.6 Å². The normalized spacial score (nSPS) is 15.3. The minimum Gasteiger partial charge on any atom is -0.372 e. The first-order valence-corrected chi connectivity index (χ1v) is 10.1. The van der Waals surface area contributed by atoms with Crippen molar-refractivity contribution in [2.24, 2.45) is 0 Å². The Morgan fingerprint density at radius 2 is 2.04 bits per heavy atom. The number of benzene rings is 1. The lowest BCUT2D eigenvalue weighted by molar-refractivity contribution is 0.243. The lowest BCUT2D eigenvalue weighted by atomic mass is 10.1. The molecule has 1 aliphatic heterocycles. The van der Waals surface area contributed by atoms with E-state index >= 15 is 0 Å². The van der Waals surface area contributed by atoms with Gasteiger partial charge in [0.05, 0.1) is 6.04 Å². The number of carbonyl (C=O) groups excluding carboxylic acids is 1. The highest BCUT2D eigenvalue weighted by Gasteiger charge is 2.17. The van der Waals surface area contributed by atoms with Crippen LogP contribution in [0.1, 0.15) is 30.0 Å². The van der Waals surface area contributed by atoms with Crippen molar-refractivity contribution in [2.45, 2.75) is 25.8 Å². The molecular formula is C20H28N4OS. The third-order valence-corrected chi connectivity index (χ3v) is 5.64. The summed E-state index contributed by atoms with van der Waals surface area (Å²) in [4.78, 5) is 16.9. The molecule has 5 nitrogen and oxygen atoms in total. The number of thiophene rings is 1. The van der Waals surface area contributed by atoms with Gasteiger partial charge in [0.1, 0.15) is 0 Å². The molecule has 0 spiro atoms. The third-order valence-electron chi connectivity index (χ3n) is 4.94. The van der Waals surface area contributed by atoms with E-state index in [-0.39, 0.29) is 12.1 Å². The number of hydrogen-bond donors (Lipinski definition) is 2. The number of anilines is 2. The van der Waals surface area contributed by atoms with Crippen LogP contribution < -0.4 is 15.5 Å². The molecule has 0 aliphatic carbocycles. The predicted molar refractivity (Wildman–Crippen MR) is 110 cm³/mol. The number of amides is 2. The summed E-state index contributed by atoms with van der Waals surface area (Å²) in [6, 6.07) is 8.38. The number of carbonyl (C=O) groups is 1. The molecule has 2 heterocycles. The van der Waals surface area contributed by atoms with Gasteiger partial charge in [-0.15, -0.1) is 0 Å². The standard InChI is InChI=1S/C20H28N4OS/c1-15-12-17(24-9-4-5-10-24)6-7-18(15)22-20(25)21-13-19(23(2)3)16-8-11-26-14-16/h6-8,11-12,14,19H,4-5,9-10,13H2,1-3H3,(H2,21,22,25). The second kappa shape index (κ2) is 8.56. The summed E-state index contributed by atoms with van der Waals surface area (Å²) >= 11 is 1.68. The monoisotopic (exact) mass is 372 g/mol. The summed E-state index contributed by atoms with van der Waals surface area (Å²) in [5.41, 5.74) is 4.43. The molecule has 1 aromatic carbocycles. The van der Waals surface area contributed by atoms with Crippen LogP contribution in [0, 0.1) is 6.92 Å². The summed E-state index contributed by atoms with van der Waals surface area (Å²) in [6.45, 7) is 4.87. The average Bonchev–Trinajstić information content (AvgIpc) is 3.30. The van der Waals surface area contributed by atoms with Gasteiger partial charge in [-0.1, -0.05) is 0 Å². The Labute approximate surface area is 160 Å². The predicted octanol–water partition coefficient (Wildman–Crippen LogP) is 4.08. The van der Waals surface area contributed by atoms with Crippen molar-refractivity contribution in [2.75, 3.05) is 43.9 Å². The first-order chi connectivity index (χ1) is 12.5. The second-order valence-electron chi connectivity index (χ2n) is 7.06. The molecule has 2 aromatic rings. The molecule has 3 rings (SSSR count). The Balaban J connectivity index is 1.57. The van der Waals surface area contributed by atoms with Gasteiger partial charge in [-0.2, -0.15) is 11.3 Å². The number of urea groups is 1. The second-order valence-corrected chi connectivity index (χ2v) is 7.84. The van der Waals surface area contributed by atoms with Crippen LogP contribution in [0.15, 0.2) is 35.0 Å². The lowest BCUT2D eigenvalue weighted by Gasteiger charge is -2.24. The summed E-state index contributed by atoms with van der Waals surface area (Å²) in [7, 11) is 4.06. The third kappa shape index (κ3) is 4.56. The largest absolute Gasteiger partial charge is 0.372 e. The van der Waals surface area contributed by atoms with Gasteiger partial charge in [0, 0.05) is 31.0 Å². The fourth-order valence-corrected chi connectivity index (χ4v) is 4.09. The van der Waals surface area contributed by atoms with E-state index in [0.29, 0.717) is 6.54 Å². The van der Waals surface area contributed by atoms with E-state index in [4.69, 9.17) is 0 Å². The van der Waals surface area contributed by atoms with Crippen LogP contribution in [-0.2, 0) is 0 Å². The molecule has 1 fully saturated rings. The molecule has 0 bridgehead atoms. The fourth-order valence-electron chi connectivity index (χ4n) is 3.38. The van der Waals surface area contributed by atoms with Gasteiger partial charge in [-0.05, 0) is 80.0 Å². The first-order valence-electron chi connectivity index (χ1n) is 9.13. The maximum atomic E-state index is 12.4. The minimum atomic E-state index is -0.163. The minimum absolute atomic E-state index is 0.163. The molecule has 6 heteroatoms. The molecule has 1 saturated heterocycles. The van der Waals surface area contributed by atoms with Gasteiger partial charge >= 0.3 is 6.03 Å². The van der Waals surface area contributed by atoms with E-state index in [1.807, 2.05) is 27.1 Å². The molecular weight excluding hydrogens is 344 g/mol. The Bertz CT molecular complexity index is 723. The molecule has 2 N–H and O–H groups in total. The highest BCUT2D eigenvalue weighted by molar-refractivity contribution is 7.07. The highest BCUT2D eigenvalue weighted by atomic mass is 32.1. The zero-order valence-corrected chi connectivity index (χ0v) is 16.6. The van der Waals surface area contributed by atoms with Crippen molar-refractivity contribution in [1.82, 2.24) is 10.2 Å². The molecule has 26 heavy (non-hydrogen) atoms. The van der Waals surface area contributed by atoms with Crippen LogP contribution in [0.3, 0.4) is 0 Å². The van der Waals surface area contributed by atoms with E-state index in [9.17, 15) is 4.79 Å². The first kappa shape index (κ1) is 18.7. The number of hydrogen-bond acceptors (Lipinski definition) is 4. The smallest absolute Gasteiger partial charge is 0.319 e.